The molecule has 84 valence electrons. The van der Waals surface area contributed by atoms with Gasteiger partial charge in [0.25, 0.3) is 0 Å². The van der Waals surface area contributed by atoms with Crippen LogP contribution in [0, 0.1) is 0 Å². The number of benzene rings is 1. The van der Waals surface area contributed by atoms with E-state index in [1.165, 1.54) is 5.56 Å². The highest BCUT2D eigenvalue weighted by Crippen LogP contribution is 2.16. The molecule has 0 bridgehead atoms. The van der Waals surface area contributed by atoms with E-state index in [4.69, 9.17) is 0 Å². The molecule has 1 aromatic heterocycles. The molecule has 0 saturated heterocycles. The molecule has 0 radical (unpaired) electrons. The van der Waals surface area contributed by atoms with Gasteiger partial charge in [-0.2, -0.15) is 0 Å². The van der Waals surface area contributed by atoms with E-state index in [1.54, 1.807) is 0 Å². The van der Waals surface area contributed by atoms with Crippen molar-refractivity contribution in [3.63, 3.8) is 0 Å². The van der Waals surface area contributed by atoms with Crippen molar-refractivity contribution in [1.82, 2.24) is 14.9 Å². The lowest BCUT2D eigenvalue weighted by molar-refractivity contribution is 0.617. The molecule has 0 spiro atoms. The zero-order chi connectivity index (χ0) is 11.2. The van der Waals surface area contributed by atoms with Gasteiger partial charge in [0.05, 0.1) is 0 Å². The van der Waals surface area contributed by atoms with Crippen LogP contribution in [0.3, 0.4) is 0 Å². The van der Waals surface area contributed by atoms with Crippen LogP contribution in [-0.2, 0) is 6.54 Å². The maximum atomic E-state index is 4.40. The minimum atomic E-state index is 0.956. The maximum Gasteiger partial charge on any atom is 0.139 e. The molecule has 2 rings (SSSR count). The summed E-state index contributed by atoms with van der Waals surface area (Å²) >= 11 is 0. The highest BCUT2D eigenvalue weighted by atomic mass is 15.1. The third kappa shape index (κ3) is 2.49. The van der Waals surface area contributed by atoms with Gasteiger partial charge in [-0.25, -0.2) is 4.98 Å². The Bertz CT molecular complexity index is 420. The summed E-state index contributed by atoms with van der Waals surface area (Å²) in [6, 6.07) is 10.3. The van der Waals surface area contributed by atoms with Crippen LogP contribution in [0.5, 0.6) is 0 Å². The first-order chi connectivity index (χ1) is 7.92. The van der Waals surface area contributed by atoms with Crippen molar-refractivity contribution in [3.8, 4) is 11.4 Å². The van der Waals surface area contributed by atoms with Crippen molar-refractivity contribution in [2.45, 2.75) is 13.5 Å². The monoisotopic (exact) mass is 215 g/mol. The van der Waals surface area contributed by atoms with Crippen LogP contribution >= 0.6 is 0 Å². The van der Waals surface area contributed by atoms with Crippen LogP contribution in [0.2, 0.25) is 0 Å². The fraction of sp³-hybridized carbons (Fsp3) is 0.308. The molecule has 0 aliphatic carbocycles. The molecule has 1 aromatic carbocycles. The molecule has 0 atom stereocenters. The fourth-order valence-corrected chi connectivity index (χ4v) is 1.71. The zero-order valence-corrected chi connectivity index (χ0v) is 9.56. The molecule has 0 fully saturated rings. The molecule has 1 heterocycles. The second-order valence-corrected chi connectivity index (χ2v) is 3.66. The number of aromatic nitrogens is 2. The second kappa shape index (κ2) is 5.47. The summed E-state index contributed by atoms with van der Waals surface area (Å²) in [7, 11) is 0. The van der Waals surface area contributed by atoms with Crippen LogP contribution in [0.15, 0.2) is 42.7 Å². The molecule has 3 heteroatoms. The summed E-state index contributed by atoms with van der Waals surface area (Å²) < 4.78 is 2.18. The third-order valence-corrected chi connectivity index (χ3v) is 2.53. The number of nitrogens with zero attached hydrogens (tertiary/aromatic N) is 2. The quantitative estimate of drug-likeness (QED) is 0.775. The Morgan fingerprint density at radius 3 is 2.81 bits per heavy atom. The number of rotatable bonds is 5. The fourth-order valence-electron chi connectivity index (χ4n) is 1.71. The molecule has 0 saturated carbocycles. The van der Waals surface area contributed by atoms with Gasteiger partial charge in [0, 0.05) is 31.0 Å². The molecule has 16 heavy (non-hydrogen) atoms. The van der Waals surface area contributed by atoms with Crippen LogP contribution in [0.4, 0.5) is 0 Å². The molecule has 0 aliphatic rings. The van der Waals surface area contributed by atoms with Gasteiger partial charge in [0.1, 0.15) is 5.82 Å². The van der Waals surface area contributed by atoms with Crippen LogP contribution in [0.25, 0.3) is 11.4 Å². The Balaban J connectivity index is 2.13. The number of hydrogen-bond donors (Lipinski definition) is 1. The van der Waals surface area contributed by atoms with E-state index in [1.807, 2.05) is 30.6 Å². The van der Waals surface area contributed by atoms with Crippen molar-refractivity contribution in [2.24, 2.45) is 0 Å². The van der Waals surface area contributed by atoms with Gasteiger partial charge in [-0.05, 0) is 6.54 Å². The highest BCUT2D eigenvalue weighted by Gasteiger charge is 2.03. The average molecular weight is 215 g/mol. The Labute approximate surface area is 96.1 Å². The second-order valence-electron chi connectivity index (χ2n) is 3.66. The Morgan fingerprint density at radius 2 is 2.06 bits per heavy atom. The van der Waals surface area contributed by atoms with Gasteiger partial charge < -0.3 is 9.88 Å². The van der Waals surface area contributed by atoms with Gasteiger partial charge in [-0.15, -0.1) is 0 Å². The van der Waals surface area contributed by atoms with E-state index in [-0.39, 0.29) is 0 Å². The summed E-state index contributed by atoms with van der Waals surface area (Å²) in [5.41, 5.74) is 1.17. The Kier molecular flexibility index (Phi) is 3.72. The van der Waals surface area contributed by atoms with Gasteiger partial charge in [-0.1, -0.05) is 37.3 Å². The molecule has 3 nitrogen and oxygen atoms in total. The van der Waals surface area contributed by atoms with Crippen molar-refractivity contribution in [3.05, 3.63) is 42.7 Å². The normalized spacial score (nSPS) is 10.6. The number of likely N-dealkylation sites (N-methyl/N-ethyl adjacent to an activating group) is 1. The first-order valence-electron chi connectivity index (χ1n) is 5.69. The topological polar surface area (TPSA) is 29.9 Å². The number of nitrogens with one attached hydrogen (secondary N) is 1. The molecule has 1 N–H and O–H groups in total. The minimum absolute atomic E-state index is 0.956. The molecule has 0 amide bonds. The molecule has 0 unspecified atom stereocenters. The summed E-state index contributed by atoms with van der Waals surface area (Å²) in [5.74, 6) is 1.04. The van der Waals surface area contributed by atoms with Crippen molar-refractivity contribution in [2.75, 3.05) is 13.1 Å². The number of imidazole rings is 1. The standard InChI is InChI=1S/C13H17N3/c1-2-14-8-10-16-11-9-15-13(16)12-6-4-3-5-7-12/h3-7,9,11,14H,2,8,10H2,1H3. The van der Waals surface area contributed by atoms with E-state index < -0.39 is 0 Å². The Morgan fingerprint density at radius 1 is 1.25 bits per heavy atom. The van der Waals surface area contributed by atoms with E-state index in [0.717, 1.165) is 25.5 Å². The van der Waals surface area contributed by atoms with Gasteiger partial charge in [0.2, 0.25) is 0 Å². The average Bonchev–Trinajstić information content (AvgIpc) is 2.79. The van der Waals surface area contributed by atoms with Crippen LogP contribution < -0.4 is 5.32 Å². The third-order valence-electron chi connectivity index (χ3n) is 2.53. The zero-order valence-electron chi connectivity index (χ0n) is 9.56. The summed E-state index contributed by atoms with van der Waals surface area (Å²) in [5, 5.41) is 3.32. The lowest BCUT2D eigenvalue weighted by atomic mass is 10.2. The molecule has 0 aliphatic heterocycles. The SMILES string of the molecule is CCNCCn1ccnc1-c1ccccc1. The van der Waals surface area contributed by atoms with E-state index in [9.17, 15) is 0 Å². The largest absolute Gasteiger partial charge is 0.330 e. The van der Waals surface area contributed by atoms with Crippen LogP contribution in [-0.4, -0.2) is 22.6 Å². The van der Waals surface area contributed by atoms with Gasteiger partial charge in [0.15, 0.2) is 0 Å². The van der Waals surface area contributed by atoms with Crippen molar-refractivity contribution < 1.29 is 0 Å². The first-order valence-corrected chi connectivity index (χ1v) is 5.69. The summed E-state index contributed by atoms with van der Waals surface area (Å²) in [4.78, 5) is 4.40. The molecule has 2 aromatic rings. The van der Waals surface area contributed by atoms with E-state index in [2.05, 4.69) is 33.9 Å². The van der Waals surface area contributed by atoms with Crippen molar-refractivity contribution >= 4 is 0 Å². The molecular weight excluding hydrogens is 198 g/mol. The highest BCUT2D eigenvalue weighted by molar-refractivity contribution is 5.55. The summed E-state index contributed by atoms with van der Waals surface area (Å²) in [6.45, 7) is 5.06. The number of hydrogen-bond acceptors (Lipinski definition) is 2. The lowest BCUT2D eigenvalue weighted by Crippen LogP contribution is -2.19. The molecular formula is C13H17N3. The lowest BCUT2D eigenvalue weighted by Gasteiger charge is -2.07. The van der Waals surface area contributed by atoms with E-state index >= 15 is 0 Å². The van der Waals surface area contributed by atoms with Crippen molar-refractivity contribution in [1.29, 1.82) is 0 Å². The maximum absolute atomic E-state index is 4.40. The van der Waals surface area contributed by atoms with Gasteiger partial charge in [-0.3, -0.25) is 0 Å². The predicted molar refractivity (Wildman–Crippen MR) is 66.2 cm³/mol. The Hall–Kier alpha value is -1.61. The smallest absolute Gasteiger partial charge is 0.139 e. The minimum Gasteiger partial charge on any atom is -0.330 e. The predicted octanol–water partition coefficient (Wildman–Crippen LogP) is 2.16. The van der Waals surface area contributed by atoms with Gasteiger partial charge >= 0.3 is 0 Å². The van der Waals surface area contributed by atoms with Crippen LogP contribution in [0.1, 0.15) is 6.92 Å². The summed E-state index contributed by atoms with van der Waals surface area (Å²) in [6.07, 6.45) is 3.88. The van der Waals surface area contributed by atoms with E-state index in [0.29, 0.717) is 0 Å². The first kappa shape index (κ1) is 10.9.